The van der Waals surface area contributed by atoms with E-state index in [1.165, 1.54) is 6.07 Å². The summed E-state index contributed by atoms with van der Waals surface area (Å²) in [5.74, 6) is 1.20. The van der Waals surface area contributed by atoms with Gasteiger partial charge in [0.2, 0.25) is 0 Å². The molecule has 0 saturated carbocycles. The molecule has 8 heteroatoms. The van der Waals surface area contributed by atoms with Crippen molar-refractivity contribution in [3.8, 4) is 17.6 Å². The maximum absolute atomic E-state index is 14.8. The van der Waals surface area contributed by atoms with Crippen molar-refractivity contribution in [2.24, 2.45) is 0 Å². The van der Waals surface area contributed by atoms with Gasteiger partial charge in [-0.15, -0.1) is 0 Å². The second-order valence-corrected chi connectivity index (χ2v) is 8.49. The lowest BCUT2D eigenvalue weighted by Crippen LogP contribution is -2.36. The third-order valence-electron chi connectivity index (χ3n) is 6.18. The van der Waals surface area contributed by atoms with Crippen LogP contribution in [0.25, 0.3) is 11.0 Å². The Morgan fingerprint density at radius 3 is 2.56 bits per heavy atom. The molecule has 0 radical (unpaired) electrons. The molecular formula is C28H25FN4O3. The van der Waals surface area contributed by atoms with Crippen LogP contribution in [0.3, 0.4) is 0 Å². The number of ether oxygens (including phenoxy) is 3. The van der Waals surface area contributed by atoms with Crippen LogP contribution in [0.2, 0.25) is 0 Å². The number of methoxy groups -OCH3 is 1. The zero-order valence-electron chi connectivity index (χ0n) is 19.9. The van der Waals surface area contributed by atoms with Gasteiger partial charge in [-0.25, -0.2) is 9.37 Å². The van der Waals surface area contributed by atoms with E-state index < -0.39 is 5.82 Å². The number of morpholine rings is 1. The summed E-state index contributed by atoms with van der Waals surface area (Å²) in [6.45, 7) is 2.97. The van der Waals surface area contributed by atoms with Crippen LogP contribution >= 0.6 is 0 Å². The van der Waals surface area contributed by atoms with E-state index in [-0.39, 0.29) is 12.4 Å². The number of hydrogen-bond acceptors (Lipinski definition) is 7. The first kappa shape index (κ1) is 23.5. The van der Waals surface area contributed by atoms with Crippen LogP contribution in [-0.4, -0.2) is 43.4 Å². The number of aromatic nitrogens is 2. The number of nitriles is 1. The van der Waals surface area contributed by atoms with E-state index in [2.05, 4.69) is 16.0 Å². The minimum Gasteiger partial charge on any atom is -0.497 e. The van der Waals surface area contributed by atoms with Crippen LogP contribution in [-0.2, 0) is 17.8 Å². The molecule has 1 aliphatic heterocycles. The lowest BCUT2D eigenvalue weighted by molar-refractivity contribution is 0.122. The average molecular weight is 485 g/mol. The smallest absolute Gasteiger partial charge is 0.165 e. The van der Waals surface area contributed by atoms with Gasteiger partial charge in [0.1, 0.15) is 29.8 Å². The van der Waals surface area contributed by atoms with Gasteiger partial charge in [0.05, 0.1) is 37.6 Å². The largest absolute Gasteiger partial charge is 0.497 e. The molecule has 0 atom stereocenters. The number of rotatable bonds is 7. The minimum absolute atomic E-state index is 0.176. The zero-order chi connectivity index (χ0) is 24.9. The van der Waals surface area contributed by atoms with E-state index in [4.69, 9.17) is 19.2 Å². The highest BCUT2D eigenvalue weighted by molar-refractivity contribution is 5.83. The highest BCUT2D eigenvalue weighted by Crippen LogP contribution is 2.26. The van der Waals surface area contributed by atoms with Crippen molar-refractivity contribution in [3.63, 3.8) is 0 Å². The van der Waals surface area contributed by atoms with Gasteiger partial charge in [0, 0.05) is 13.1 Å². The van der Waals surface area contributed by atoms with Crippen molar-refractivity contribution in [2.75, 3.05) is 38.3 Å². The molecule has 7 nitrogen and oxygen atoms in total. The molecule has 2 heterocycles. The van der Waals surface area contributed by atoms with Gasteiger partial charge in [-0.1, -0.05) is 24.3 Å². The number of anilines is 1. The molecule has 0 N–H and O–H groups in total. The molecule has 1 aromatic heterocycles. The summed E-state index contributed by atoms with van der Waals surface area (Å²) in [5.41, 5.74) is 4.07. The number of nitrogens with zero attached hydrogens (tertiary/aromatic N) is 4. The summed E-state index contributed by atoms with van der Waals surface area (Å²) in [7, 11) is 1.61. The van der Waals surface area contributed by atoms with Gasteiger partial charge in [0.25, 0.3) is 0 Å². The number of hydrogen-bond donors (Lipinski definition) is 0. The van der Waals surface area contributed by atoms with Crippen LogP contribution in [0.1, 0.15) is 22.3 Å². The van der Waals surface area contributed by atoms with Crippen molar-refractivity contribution < 1.29 is 18.6 Å². The van der Waals surface area contributed by atoms with Crippen LogP contribution < -0.4 is 14.4 Å². The lowest BCUT2D eigenvalue weighted by Gasteiger charge is -2.27. The predicted octanol–water partition coefficient (Wildman–Crippen LogP) is 4.66. The molecule has 0 unspecified atom stereocenters. The van der Waals surface area contributed by atoms with E-state index in [0.717, 1.165) is 41.3 Å². The quantitative estimate of drug-likeness (QED) is 0.378. The maximum atomic E-state index is 14.8. The Hall–Kier alpha value is -4.22. The molecule has 1 saturated heterocycles. The second-order valence-electron chi connectivity index (χ2n) is 8.49. The van der Waals surface area contributed by atoms with Gasteiger partial charge in [-0.05, 0) is 53.4 Å². The highest BCUT2D eigenvalue weighted by atomic mass is 19.1. The molecule has 1 aliphatic rings. The SMILES string of the molecule is COc1ccc(COc2ccc(Cc3ccc4ncc(N5CCOCC5)nc4c3C#N)cc2F)cc1. The Morgan fingerprint density at radius 1 is 1.06 bits per heavy atom. The Balaban J connectivity index is 1.34. The van der Waals surface area contributed by atoms with Gasteiger partial charge in [-0.2, -0.15) is 5.26 Å². The third kappa shape index (κ3) is 5.07. The molecule has 4 aromatic rings. The van der Waals surface area contributed by atoms with Crippen molar-refractivity contribution in [2.45, 2.75) is 13.0 Å². The summed E-state index contributed by atoms with van der Waals surface area (Å²) in [4.78, 5) is 11.4. The first-order chi connectivity index (χ1) is 17.6. The van der Waals surface area contributed by atoms with Gasteiger partial charge >= 0.3 is 0 Å². The molecule has 0 amide bonds. The van der Waals surface area contributed by atoms with E-state index in [1.807, 2.05) is 42.5 Å². The van der Waals surface area contributed by atoms with Crippen molar-refractivity contribution in [1.82, 2.24) is 9.97 Å². The van der Waals surface area contributed by atoms with Crippen LogP contribution in [0.15, 0.2) is 60.8 Å². The normalized spacial score (nSPS) is 13.4. The molecule has 3 aromatic carbocycles. The molecule has 0 aliphatic carbocycles. The first-order valence-corrected chi connectivity index (χ1v) is 11.7. The van der Waals surface area contributed by atoms with E-state index in [0.29, 0.717) is 36.2 Å². The predicted molar refractivity (Wildman–Crippen MR) is 134 cm³/mol. The van der Waals surface area contributed by atoms with E-state index in [1.54, 1.807) is 19.4 Å². The molecule has 5 rings (SSSR count). The fourth-order valence-electron chi connectivity index (χ4n) is 4.20. The Morgan fingerprint density at radius 2 is 1.83 bits per heavy atom. The van der Waals surface area contributed by atoms with Crippen molar-refractivity contribution >= 4 is 16.9 Å². The van der Waals surface area contributed by atoms with Crippen LogP contribution in [0.4, 0.5) is 10.2 Å². The van der Waals surface area contributed by atoms with Gasteiger partial charge in [-0.3, -0.25) is 4.98 Å². The number of halogens is 1. The summed E-state index contributed by atoms with van der Waals surface area (Å²) in [5, 5.41) is 9.95. The van der Waals surface area contributed by atoms with Crippen LogP contribution in [0, 0.1) is 17.1 Å². The summed E-state index contributed by atoms with van der Waals surface area (Å²) in [6.07, 6.45) is 2.12. The molecule has 182 valence electrons. The first-order valence-electron chi connectivity index (χ1n) is 11.7. The van der Waals surface area contributed by atoms with Gasteiger partial charge < -0.3 is 19.1 Å². The van der Waals surface area contributed by atoms with Gasteiger partial charge in [0.15, 0.2) is 11.6 Å². The molecule has 36 heavy (non-hydrogen) atoms. The van der Waals surface area contributed by atoms with E-state index >= 15 is 0 Å². The second kappa shape index (κ2) is 10.6. The molecule has 0 bridgehead atoms. The maximum Gasteiger partial charge on any atom is 0.165 e. The average Bonchev–Trinajstić information content (AvgIpc) is 2.93. The third-order valence-corrected chi connectivity index (χ3v) is 6.18. The Kier molecular flexibility index (Phi) is 6.92. The topological polar surface area (TPSA) is 80.5 Å². The van der Waals surface area contributed by atoms with Crippen molar-refractivity contribution in [1.29, 1.82) is 5.26 Å². The zero-order valence-corrected chi connectivity index (χ0v) is 19.9. The summed E-state index contributed by atoms with van der Waals surface area (Å²) >= 11 is 0. The lowest BCUT2D eigenvalue weighted by atomic mass is 9.98. The standard InChI is InChI=1S/C28H25FN4O3/c1-34-22-6-2-19(3-7-22)18-36-26-9-4-20(15-24(26)29)14-21-5-8-25-28(23(21)16-30)32-27(17-31-25)33-10-12-35-13-11-33/h2-9,15,17H,10-14,18H2,1H3. The van der Waals surface area contributed by atoms with Crippen molar-refractivity contribution in [3.05, 3.63) is 88.9 Å². The number of benzene rings is 3. The minimum atomic E-state index is -0.449. The summed E-state index contributed by atoms with van der Waals surface area (Å²) < 4.78 is 31.1. The Labute approximate surface area is 208 Å². The monoisotopic (exact) mass is 484 g/mol. The molecule has 0 spiro atoms. The number of fused-ring (bicyclic) bond motifs is 1. The summed E-state index contributed by atoms with van der Waals surface area (Å²) in [6, 6.07) is 18.3. The fourth-order valence-corrected chi connectivity index (χ4v) is 4.20. The highest BCUT2D eigenvalue weighted by Gasteiger charge is 2.17. The molecular weight excluding hydrogens is 459 g/mol. The van der Waals surface area contributed by atoms with E-state index in [9.17, 15) is 9.65 Å². The fraction of sp³-hybridized carbons (Fsp3) is 0.250. The Bertz CT molecular complexity index is 1410. The van der Waals surface area contributed by atoms with Crippen LogP contribution in [0.5, 0.6) is 11.5 Å². The molecule has 1 fully saturated rings.